The summed E-state index contributed by atoms with van der Waals surface area (Å²) in [7, 11) is 0. The van der Waals surface area contributed by atoms with E-state index in [-0.39, 0.29) is 6.04 Å². The molecule has 3 atom stereocenters. The van der Waals surface area contributed by atoms with Gasteiger partial charge < -0.3 is 5.11 Å². The molecule has 0 aromatic heterocycles. The van der Waals surface area contributed by atoms with Crippen molar-refractivity contribution in [2.75, 3.05) is 13.1 Å². The fourth-order valence-electron chi connectivity index (χ4n) is 2.41. The van der Waals surface area contributed by atoms with Gasteiger partial charge in [0.25, 0.3) is 0 Å². The Morgan fingerprint density at radius 1 is 1.60 bits per heavy atom. The van der Waals surface area contributed by atoms with Gasteiger partial charge in [-0.3, -0.25) is 9.69 Å². The molecule has 1 aliphatic rings. The van der Waals surface area contributed by atoms with Crippen LogP contribution in [0.5, 0.6) is 0 Å². The molecule has 0 aliphatic carbocycles. The number of rotatable bonds is 4. The molecule has 1 N–H and O–H groups in total. The first-order valence-corrected chi connectivity index (χ1v) is 6.03. The average Bonchev–Trinajstić information content (AvgIpc) is 2.17. The van der Waals surface area contributed by atoms with E-state index in [0.29, 0.717) is 11.8 Å². The SMILES string of the molecule is CCC(C)CN1CCCC(C)C1C(=O)O. The highest BCUT2D eigenvalue weighted by molar-refractivity contribution is 5.74. The van der Waals surface area contributed by atoms with Crippen LogP contribution in [0.2, 0.25) is 0 Å². The van der Waals surface area contributed by atoms with E-state index in [1.165, 1.54) is 0 Å². The Morgan fingerprint density at radius 2 is 2.27 bits per heavy atom. The molecule has 15 heavy (non-hydrogen) atoms. The van der Waals surface area contributed by atoms with Crippen molar-refractivity contribution < 1.29 is 9.90 Å². The summed E-state index contributed by atoms with van der Waals surface area (Å²) in [5.74, 6) is 0.239. The molecular weight excluding hydrogens is 190 g/mol. The van der Waals surface area contributed by atoms with Crippen LogP contribution in [0.3, 0.4) is 0 Å². The Balaban J connectivity index is 2.62. The molecule has 1 saturated heterocycles. The van der Waals surface area contributed by atoms with Crippen LogP contribution in [-0.4, -0.2) is 35.1 Å². The Labute approximate surface area is 92.5 Å². The van der Waals surface area contributed by atoms with E-state index in [4.69, 9.17) is 0 Å². The van der Waals surface area contributed by atoms with Gasteiger partial charge in [0.15, 0.2) is 0 Å². The number of likely N-dealkylation sites (tertiary alicyclic amines) is 1. The third kappa shape index (κ3) is 3.20. The smallest absolute Gasteiger partial charge is 0.321 e. The Bertz CT molecular complexity index is 218. The van der Waals surface area contributed by atoms with E-state index in [0.717, 1.165) is 32.4 Å². The van der Waals surface area contributed by atoms with Crippen LogP contribution < -0.4 is 0 Å². The Morgan fingerprint density at radius 3 is 2.80 bits per heavy atom. The molecule has 0 amide bonds. The molecule has 3 heteroatoms. The lowest BCUT2D eigenvalue weighted by molar-refractivity contribution is -0.147. The molecule has 3 unspecified atom stereocenters. The molecule has 1 heterocycles. The first-order valence-electron chi connectivity index (χ1n) is 6.03. The molecule has 0 spiro atoms. The van der Waals surface area contributed by atoms with Crippen LogP contribution in [0.15, 0.2) is 0 Å². The zero-order chi connectivity index (χ0) is 11.4. The molecule has 1 aliphatic heterocycles. The zero-order valence-corrected chi connectivity index (χ0v) is 10.1. The quantitative estimate of drug-likeness (QED) is 0.778. The molecule has 0 radical (unpaired) electrons. The third-order valence-corrected chi connectivity index (χ3v) is 3.53. The van der Waals surface area contributed by atoms with Gasteiger partial charge in [-0.2, -0.15) is 0 Å². The second kappa shape index (κ2) is 5.50. The van der Waals surface area contributed by atoms with E-state index >= 15 is 0 Å². The highest BCUT2D eigenvalue weighted by Crippen LogP contribution is 2.24. The van der Waals surface area contributed by atoms with E-state index < -0.39 is 5.97 Å². The highest BCUT2D eigenvalue weighted by Gasteiger charge is 2.34. The number of aliphatic carboxylic acids is 1. The van der Waals surface area contributed by atoms with Crippen LogP contribution in [-0.2, 0) is 4.79 Å². The predicted octanol–water partition coefficient (Wildman–Crippen LogP) is 2.22. The van der Waals surface area contributed by atoms with Crippen molar-refractivity contribution in [1.82, 2.24) is 4.90 Å². The maximum absolute atomic E-state index is 11.2. The van der Waals surface area contributed by atoms with Crippen molar-refractivity contribution in [2.24, 2.45) is 11.8 Å². The summed E-state index contributed by atoms with van der Waals surface area (Å²) < 4.78 is 0. The number of hydrogen-bond acceptors (Lipinski definition) is 2. The summed E-state index contributed by atoms with van der Waals surface area (Å²) in [6.07, 6.45) is 3.31. The first-order chi connectivity index (χ1) is 7.06. The Kier molecular flexibility index (Phi) is 4.58. The largest absolute Gasteiger partial charge is 0.480 e. The number of hydrogen-bond donors (Lipinski definition) is 1. The minimum absolute atomic E-state index is 0.257. The minimum Gasteiger partial charge on any atom is -0.480 e. The van der Waals surface area contributed by atoms with E-state index in [2.05, 4.69) is 25.7 Å². The summed E-state index contributed by atoms with van der Waals surface area (Å²) in [4.78, 5) is 13.4. The number of piperidine rings is 1. The first kappa shape index (κ1) is 12.5. The molecule has 0 saturated carbocycles. The van der Waals surface area contributed by atoms with Crippen molar-refractivity contribution in [3.63, 3.8) is 0 Å². The molecule has 88 valence electrons. The van der Waals surface area contributed by atoms with E-state index in [1.807, 2.05) is 0 Å². The molecule has 0 aromatic rings. The van der Waals surface area contributed by atoms with Gasteiger partial charge in [-0.05, 0) is 31.2 Å². The predicted molar refractivity (Wildman–Crippen MR) is 60.8 cm³/mol. The number of carbonyl (C=O) groups is 1. The summed E-state index contributed by atoms with van der Waals surface area (Å²) in [5, 5.41) is 9.22. The van der Waals surface area contributed by atoms with Crippen molar-refractivity contribution in [1.29, 1.82) is 0 Å². The zero-order valence-electron chi connectivity index (χ0n) is 10.1. The minimum atomic E-state index is -0.648. The average molecular weight is 213 g/mol. The maximum Gasteiger partial charge on any atom is 0.321 e. The fraction of sp³-hybridized carbons (Fsp3) is 0.917. The lowest BCUT2D eigenvalue weighted by Crippen LogP contribution is -2.50. The van der Waals surface area contributed by atoms with Crippen molar-refractivity contribution in [3.05, 3.63) is 0 Å². The molecule has 3 nitrogen and oxygen atoms in total. The molecular formula is C12H23NO2. The third-order valence-electron chi connectivity index (χ3n) is 3.53. The summed E-state index contributed by atoms with van der Waals surface area (Å²) in [5.41, 5.74) is 0. The molecule has 1 rings (SSSR count). The van der Waals surface area contributed by atoms with Gasteiger partial charge in [-0.15, -0.1) is 0 Å². The summed E-state index contributed by atoms with van der Waals surface area (Å²) in [6.45, 7) is 8.29. The summed E-state index contributed by atoms with van der Waals surface area (Å²) in [6, 6.07) is -0.257. The van der Waals surface area contributed by atoms with Crippen LogP contribution in [0.1, 0.15) is 40.0 Å². The number of carboxylic acids is 1. The van der Waals surface area contributed by atoms with Gasteiger partial charge in [-0.25, -0.2) is 0 Å². The van der Waals surface area contributed by atoms with E-state index in [1.54, 1.807) is 0 Å². The van der Waals surface area contributed by atoms with Gasteiger partial charge in [0.1, 0.15) is 6.04 Å². The fourth-order valence-corrected chi connectivity index (χ4v) is 2.41. The molecule has 0 aromatic carbocycles. The summed E-state index contributed by atoms with van der Waals surface area (Å²) >= 11 is 0. The van der Waals surface area contributed by atoms with Crippen molar-refractivity contribution in [2.45, 2.75) is 46.1 Å². The second-order valence-electron chi connectivity index (χ2n) is 4.91. The lowest BCUT2D eigenvalue weighted by atomic mass is 9.90. The normalized spacial score (nSPS) is 30.1. The van der Waals surface area contributed by atoms with Gasteiger partial charge in [0.2, 0.25) is 0 Å². The van der Waals surface area contributed by atoms with Crippen LogP contribution in [0.25, 0.3) is 0 Å². The van der Waals surface area contributed by atoms with Gasteiger partial charge in [0.05, 0.1) is 0 Å². The number of nitrogens with zero attached hydrogens (tertiary/aromatic N) is 1. The number of carboxylic acid groups (broad SMARTS) is 1. The molecule has 0 bridgehead atoms. The topological polar surface area (TPSA) is 40.5 Å². The standard InChI is InChI=1S/C12H23NO2/c1-4-9(2)8-13-7-5-6-10(3)11(13)12(14)15/h9-11H,4-8H2,1-3H3,(H,14,15). The lowest BCUT2D eigenvalue weighted by Gasteiger charge is -2.38. The van der Waals surface area contributed by atoms with Crippen molar-refractivity contribution >= 4 is 5.97 Å². The van der Waals surface area contributed by atoms with E-state index in [9.17, 15) is 9.90 Å². The van der Waals surface area contributed by atoms with Crippen LogP contribution >= 0.6 is 0 Å². The van der Waals surface area contributed by atoms with Crippen LogP contribution in [0, 0.1) is 11.8 Å². The maximum atomic E-state index is 11.2. The monoisotopic (exact) mass is 213 g/mol. The Hall–Kier alpha value is -0.570. The van der Waals surface area contributed by atoms with Gasteiger partial charge in [0, 0.05) is 6.54 Å². The van der Waals surface area contributed by atoms with Gasteiger partial charge >= 0.3 is 5.97 Å². The highest BCUT2D eigenvalue weighted by atomic mass is 16.4. The van der Waals surface area contributed by atoms with Crippen LogP contribution in [0.4, 0.5) is 0 Å². The molecule has 1 fully saturated rings. The van der Waals surface area contributed by atoms with Crippen molar-refractivity contribution in [3.8, 4) is 0 Å². The van der Waals surface area contributed by atoms with Gasteiger partial charge in [-0.1, -0.05) is 27.2 Å². The second-order valence-corrected chi connectivity index (χ2v) is 4.91.